The van der Waals surface area contributed by atoms with Crippen molar-refractivity contribution in [2.45, 2.75) is 26.2 Å². The number of nitrogens with zero attached hydrogens (tertiary/aromatic N) is 3. The van der Waals surface area contributed by atoms with Gasteiger partial charge in [0, 0.05) is 52.1 Å². The van der Waals surface area contributed by atoms with Gasteiger partial charge in [0.05, 0.1) is 11.6 Å². The number of aryl methyl sites for hydroxylation is 1. The van der Waals surface area contributed by atoms with E-state index < -0.39 is 0 Å². The number of piperazine rings is 1. The Balaban J connectivity index is 1.45. The molecule has 4 rings (SSSR count). The summed E-state index contributed by atoms with van der Waals surface area (Å²) in [6, 6.07) is 11.7. The van der Waals surface area contributed by atoms with E-state index in [1.165, 1.54) is 19.1 Å². The molecule has 2 amide bonds. The Morgan fingerprint density at radius 1 is 0.906 bits per heavy atom. The molecule has 0 aromatic heterocycles. The predicted octanol–water partition coefficient (Wildman–Crippen LogP) is 3.57. The van der Waals surface area contributed by atoms with Crippen molar-refractivity contribution in [3.63, 3.8) is 0 Å². The molecule has 0 radical (unpaired) electrons. The number of hydrogen-bond acceptors (Lipinski definition) is 3. The van der Waals surface area contributed by atoms with Crippen molar-refractivity contribution in [1.82, 2.24) is 9.80 Å². The SMILES string of the molecule is CC(=O)N1CC(C(=O)N2CCN(c3ccccc3F)CC2)CC(c2ccc(F)c(C)c2)C1. The summed E-state index contributed by atoms with van der Waals surface area (Å²) in [5, 5.41) is 0. The second-order valence-corrected chi connectivity index (χ2v) is 8.83. The predicted molar refractivity (Wildman–Crippen MR) is 119 cm³/mol. The normalized spacial score (nSPS) is 21.6. The van der Waals surface area contributed by atoms with Crippen molar-refractivity contribution < 1.29 is 18.4 Å². The van der Waals surface area contributed by atoms with Crippen LogP contribution in [0.25, 0.3) is 0 Å². The van der Waals surface area contributed by atoms with Gasteiger partial charge in [0.25, 0.3) is 0 Å². The highest BCUT2D eigenvalue weighted by molar-refractivity contribution is 5.81. The highest BCUT2D eigenvalue weighted by Gasteiger charge is 2.36. The minimum Gasteiger partial charge on any atom is -0.366 e. The second kappa shape index (κ2) is 9.27. The highest BCUT2D eigenvalue weighted by atomic mass is 19.1. The molecule has 0 bridgehead atoms. The standard InChI is InChI=1S/C25H29F2N3O2/c1-17-13-19(7-8-22(17)26)20-14-21(16-30(15-20)18(2)31)25(32)29-11-9-28(10-12-29)24-6-4-3-5-23(24)27/h3-8,13,20-21H,9-12,14-16H2,1-2H3. The zero-order chi connectivity index (χ0) is 22.8. The van der Waals surface area contributed by atoms with Crippen LogP contribution in [0.1, 0.15) is 30.4 Å². The first-order valence-corrected chi connectivity index (χ1v) is 11.1. The number of amides is 2. The number of hydrogen-bond donors (Lipinski definition) is 0. The molecule has 0 aliphatic carbocycles. The van der Waals surface area contributed by atoms with Crippen LogP contribution in [0.5, 0.6) is 0 Å². The monoisotopic (exact) mass is 441 g/mol. The number of anilines is 1. The van der Waals surface area contributed by atoms with Crippen LogP contribution < -0.4 is 4.90 Å². The maximum atomic E-state index is 14.1. The van der Waals surface area contributed by atoms with E-state index in [-0.39, 0.29) is 35.3 Å². The lowest BCUT2D eigenvalue weighted by Gasteiger charge is -2.41. The molecular formula is C25H29F2N3O2. The van der Waals surface area contributed by atoms with Crippen LogP contribution in [-0.4, -0.2) is 60.9 Å². The molecule has 2 fully saturated rings. The van der Waals surface area contributed by atoms with Crippen LogP contribution in [0.15, 0.2) is 42.5 Å². The van der Waals surface area contributed by atoms with E-state index >= 15 is 0 Å². The van der Waals surface area contributed by atoms with Crippen molar-refractivity contribution in [1.29, 1.82) is 0 Å². The molecule has 2 aromatic carbocycles. The van der Waals surface area contributed by atoms with Gasteiger partial charge in [-0.05, 0) is 42.7 Å². The average molecular weight is 442 g/mol. The summed E-state index contributed by atoms with van der Waals surface area (Å²) in [4.78, 5) is 31.1. The molecular weight excluding hydrogens is 412 g/mol. The van der Waals surface area contributed by atoms with Gasteiger partial charge in [-0.1, -0.05) is 24.3 Å². The minimum absolute atomic E-state index is 0.0133. The first-order chi connectivity index (χ1) is 15.3. The quantitative estimate of drug-likeness (QED) is 0.732. The van der Waals surface area contributed by atoms with Gasteiger partial charge in [-0.2, -0.15) is 0 Å². The Kier molecular flexibility index (Phi) is 6.44. The van der Waals surface area contributed by atoms with Crippen LogP contribution >= 0.6 is 0 Å². The summed E-state index contributed by atoms with van der Waals surface area (Å²) >= 11 is 0. The van der Waals surface area contributed by atoms with Crippen molar-refractivity contribution in [3.05, 3.63) is 65.2 Å². The van der Waals surface area contributed by atoms with E-state index in [1.54, 1.807) is 30.0 Å². The van der Waals surface area contributed by atoms with Gasteiger partial charge in [-0.3, -0.25) is 9.59 Å². The van der Waals surface area contributed by atoms with Crippen LogP contribution in [0, 0.1) is 24.5 Å². The number of likely N-dealkylation sites (tertiary alicyclic amines) is 1. The molecule has 5 nitrogen and oxygen atoms in total. The molecule has 0 N–H and O–H groups in total. The Bertz CT molecular complexity index is 1000. The average Bonchev–Trinajstić information content (AvgIpc) is 2.80. The minimum atomic E-state index is -0.303. The summed E-state index contributed by atoms with van der Waals surface area (Å²) in [5.41, 5.74) is 2.08. The van der Waals surface area contributed by atoms with Crippen LogP contribution in [-0.2, 0) is 9.59 Å². The first kappa shape index (κ1) is 22.2. The Hall–Kier alpha value is -2.96. The number of carbonyl (C=O) groups excluding carboxylic acids is 2. The summed E-state index contributed by atoms with van der Waals surface area (Å²) in [7, 11) is 0. The third kappa shape index (κ3) is 4.61. The third-order valence-corrected chi connectivity index (χ3v) is 6.68. The lowest BCUT2D eigenvalue weighted by atomic mass is 9.83. The number of benzene rings is 2. The summed E-state index contributed by atoms with van der Waals surface area (Å²) in [6.45, 7) is 6.35. The van der Waals surface area contributed by atoms with Crippen molar-refractivity contribution in [2.75, 3.05) is 44.2 Å². The second-order valence-electron chi connectivity index (χ2n) is 8.83. The van der Waals surface area contributed by atoms with Gasteiger partial charge in [0.15, 0.2) is 0 Å². The summed E-state index contributed by atoms with van der Waals surface area (Å²) < 4.78 is 27.9. The number of piperidine rings is 1. The van der Waals surface area contributed by atoms with Gasteiger partial charge in [0.1, 0.15) is 11.6 Å². The molecule has 2 unspecified atom stereocenters. The summed E-state index contributed by atoms with van der Waals surface area (Å²) in [6.07, 6.45) is 0.626. The van der Waals surface area contributed by atoms with Crippen molar-refractivity contribution in [3.8, 4) is 0 Å². The number of halogens is 2. The smallest absolute Gasteiger partial charge is 0.227 e. The molecule has 2 saturated heterocycles. The lowest BCUT2D eigenvalue weighted by molar-refractivity contribution is -0.140. The molecule has 2 atom stereocenters. The zero-order valence-corrected chi connectivity index (χ0v) is 18.6. The Labute approximate surface area is 187 Å². The molecule has 2 aliphatic rings. The van der Waals surface area contributed by atoms with E-state index in [0.717, 1.165) is 5.56 Å². The zero-order valence-electron chi connectivity index (χ0n) is 18.6. The molecule has 32 heavy (non-hydrogen) atoms. The van der Waals surface area contributed by atoms with E-state index in [4.69, 9.17) is 0 Å². The molecule has 170 valence electrons. The first-order valence-electron chi connectivity index (χ1n) is 11.1. The number of rotatable bonds is 3. The van der Waals surface area contributed by atoms with Crippen LogP contribution in [0.4, 0.5) is 14.5 Å². The third-order valence-electron chi connectivity index (χ3n) is 6.68. The molecule has 0 spiro atoms. The van der Waals surface area contributed by atoms with Crippen molar-refractivity contribution >= 4 is 17.5 Å². The number of carbonyl (C=O) groups is 2. The lowest BCUT2D eigenvalue weighted by Crippen LogP contribution is -2.54. The van der Waals surface area contributed by atoms with Gasteiger partial charge in [0.2, 0.25) is 11.8 Å². The van der Waals surface area contributed by atoms with E-state index in [1.807, 2.05) is 21.9 Å². The number of para-hydroxylation sites is 1. The van der Waals surface area contributed by atoms with E-state index in [2.05, 4.69) is 0 Å². The van der Waals surface area contributed by atoms with E-state index in [9.17, 15) is 18.4 Å². The fourth-order valence-electron chi connectivity index (χ4n) is 4.83. The maximum Gasteiger partial charge on any atom is 0.227 e. The maximum absolute atomic E-state index is 14.1. The highest BCUT2D eigenvalue weighted by Crippen LogP contribution is 2.32. The van der Waals surface area contributed by atoms with Crippen molar-refractivity contribution in [2.24, 2.45) is 5.92 Å². The van der Waals surface area contributed by atoms with Gasteiger partial charge >= 0.3 is 0 Å². The molecule has 0 saturated carbocycles. The van der Waals surface area contributed by atoms with Gasteiger partial charge in [-0.15, -0.1) is 0 Å². The van der Waals surface area contributed by atoms with E-state index in [0.29, 0.717) is 56.9 Å². The van der Waals surface area contributed by atoms with Gasteiger partial charge in [-0.25, -0.2) is 8.78 Å². The molecule has 2 aliphatic heterocycles. The van der Waals surface area contributed by atoms with Crippen LogP contribution in [0.3, 0.4) is 0 Å². The Morgan fingerprint density at radius 3 is 2.28 bits per heavy atom. The molecule has 2 aromatic rings. The summed E-state index contributed by atoms with van der Waals surface area (Å²) in [5.74, 6) is -0.852. The fraction of sp³-hybridized carbons (Fsp3) is 0.440. The Morgan fingerprint density at radius 2 is 1.62 bits per heavy atom. The molecule has 7 heteroatoms. The largest absolute Gasteiger partial charge is 0.366 e. The molecule has 2 heterocycles. The topological polar surface area (TPSA) is 43.9 Å². The van der Waals surface area contributed by atoms with Crippen LogP contribution in [0.2, 0.25) is 0 Å². The fourth-order valence-corrected chi connectivity index (χ4v) is 4.83. The van der Waals surface area contributed by atoms with Gasteiger partial charge < -0.3 is 14.7 Å².